The maximum Gasteiger partial charge on any atom is 0.197 e. The molecule has 0 aliphatic heterocycles. The largest absolute Gasteiger partial charge is 0.453 e. The van der Waals surface area contributed by atoms with Gasteiger partial charge in [0, 0.05) is 19.1 Å². The fourth-order valence-corrected chi connectivity index (χ4v) is 2.00. The highest BCUT2D eigenvalue weighted by atomic mass is 16.5. The van der Waals surface area contributed by atoms with Crippen LogP contribution in [0.15, 0.2) is 40.8 Å². The van der Waals surface area contributed by atoms with Crippen LogP contribution in [0.4, 0.5) is 0 Å². The van der Waals surface area contributed by atoms with Crippen LogP contribution in [0.25, 0.3) is 11.3 Å². The molecule has 3 heteroatoms. The molecule has 0 aliphatic carbocycles. The lowest BCUT2D eigenvalue weighted by molar-refractivity contribution is 0.0962. The summed E-state index contributed by atoms with van der Waals surface area (Å²) in [5, 5.41) is 0. The molecule has 0 atom stereocenters. The van der Waals surface area contributed by atoms with E-state index in [1.807, 2.05) is 31.2 Å². The second-order valence-corrected chi connectivity index (χ2v) is 4.34. The van der Waals surface area contributed by atoms with Crippen LogP contribution in [-0.2, 0) is 11.2 Å². The summed E-state index contributed by atoms with van der Waals surface area (Å²) >= 11 is 0. The Labute approximate surface area is 113 Å². The first-order valence-corrected chi connectivity index (χ1v) is 6.46. The number of hydrogen-bond donors (Lipinski definition) is 0. The van der Waals surface area contributed by atoms with E-state index in [0.29, 0.717) is 18.8 Å². The quantitative estimate of drug-likeness (QED) is 0.741. The Bertz CT molecular complexity index is 555. The highest BCUT2D eigenvalue weighted by Gasteiger charge is 2.12. The van der Waals surface area contributed by atoms with Gasteiger partial charge in [0.05, 0.1) is 6.61 Å². The van der Waals surface area contributed by atoms with Crippen LogP contribution in [0.5, 0.6) is 0 Å². The molecule has 2 aromatic rings. The van der Waals surface area contributed by atoms with E-state index < -0.39 is 0 Å². The highest BCUT2D eigenvalue weighted by Crippen LogP contribution is 2.26. The smallest absolute Gasteiger partial charge is 0.197 e. The van der Waals surface area contributed by atoms with E-state index >= 15 is 0 Å². The van der Waals surface area contributed by atoms with Gasteiger partial charge in [0.1, 0.15) is 5.76 Å². The molecule has 3 nitrogen and oxygen atoms in total. The van der Waals surface area contributed by atoms with E-state index in [4.69, 9.17) is 9.15 Å². The van der Waals surface area contributed by atoms with Crippen LogP contribution >= 0.6 is 0 Å². The van der Waals surface area contributed by atoms with Gasteiger partial charge in [0.2, 0.25) is 0 Å². The number of benzene rings is 1. The molecule has 0 radical (unpaired) electrons. The molecule has 100 valence electrons. The molecule has 0 saturated carbocycles. The van der Waals surface area contributed by atoms with Gasteiger partial charge in [0.15, 0.2) is 11.5 Å². The predicted molar refractivity (Wildman–Crippen MR) is 74.3 cm³/mol. The fraction of sp³-hybridized carbons (Fsp3) is 0.312. The monoisotopic (exact) mass is 258 g/mol. The summed E-state index contributed by atoms with van der Waals surface area (Å²) in [7, 11) is 1.69. The number of carbonyl (C=O) groups excluding carboxylic acids is 1. The van der Waals surface area contributed by atoms with E-state index in [0.717, 1.165) is 23.3 Å². The number of methoxy groups -OCH3 is 1. The van der Waals surface area contributed by atoms with Gasteiger partial charge in [0.25, 0.3) is 0 Å². The minimum Gasteiger partial charge on any atom is -0.453 e. The molecule has 0 saturated heterocycles. The first-order valence-electron chi connectivity index (χ1n) is 6.46. The van der Waals surface area contributed by atoms with Crippen LogP contribution < -0.4 is 0 Å². The molecule has 0 unspecified atom stereocenters. The lowest BCUT2D eigenvalue weighted by atomic mass is 10.0. The fourth-order valence-electron chi connectivity index (χ4n) is 2.00. The van der Waals surface area contributed by atoms with E-state index in [9.17, 15) is 4.79 Å². The SMILES string of the molecule is CCC(=O)c1ccc(-c2ccccc2CCOC)o1. The topological polar surface area (TPSA) is 39.4 Å². The second kappa shape index (κ2) is 6.34. The van der Waals surface area contributed by atoms with Crippen molar-refractivity contribution in [2.75, 3.05) is 13.7 Å². The van der Waals surface area contributed by atoms with Gasteiger partial charge >= 0.3 is 0 Å². The van der Waals surface area contributed by atoms with Crippen molar-refractivity contribution >= 4 is 5.78 Å². The first kappa shape index (κ1) is 13.6. The van der Waals surface area contributed by atoms with Crippen LogP contribution in [0, 0.1) is 0 Å². The van der Waals surface area contributed by atoms with E-state index in [1.54, 1.807) is 13.2 Å². The van der Waals surface area contributed by atoms with Crippen molar-refractivity contribution in [1.29, 1.82) is 0 Å². The molecule has 0 aliphatic rings. The zero-order valence-electron chi connectivity index (χ0n) is 11.3. The maximum absolute atomic E-state index is 11.6. The second-order valence-electron chi connectivity index (χ2n) is 4.34. The third-order valence-electron chi connectivity index (χ3n) is 3.06. The minimum atomic E-state index is 0.0284. The standard InChI is InChI=1S/C16H18O3/c1-3-14(17)16-9-8-15(19-16)13-7-5-4-6-12(13)10-11-18-2/h4-9H,3,10-11H2,1-2H3. The summed E-state index contributed by atoms with van der Waals surface area (Å²) in [6, 6.07) is 11.6. The molecule has 0 N–H and O–H groups in total. The Kier molecular flexibility index (Phi) is 4.53. The van der Waals surface area contributed by atoms with Crippen LogP contribution in [0.2, 0.25) is 0 Å². The minimum absolute atomic E-state index is 0.0284. The summed E-state index contributed by atoms with van der Waals surface area (Å²) in [5.74, 6) is 1.20. The molecular weight excluding hydrogens is 240 g/mol. The molecule has 0 amide bonds. The summed E-state index contributed by atoms with van der Waals surface area (Å²) < 4.78 is 10.8. The number of ether oxygens (including phenoxy) is 1. The van der Waals surface area contributed by atoms with Gasteiger partial charge in [-0.05, 0) is 24.1 Å². The summed E-state index contributed by atoms with van der Waals surface area (Å²) in [6.45, 7) is 2.50. The van der Waals surface area contributed by atoms with Gasteiger partial charge in [-0.3, -0.25) is 4.79 Å². The van der Waals surface area contributed by atoms with Gasteiger partial charge < -0.3 is 9.15 Å². The normalized spacial score (nSPS) is 10.6. The molecule has 0 spiro atoms. The molecule has 0 bridgehead atoms. The molecule has 1 aromatic carbocycles. The Hall–Kier alpha value is -1.87. The number of rotatable bonds is 6. The van der Waals surface area contributed by atoms with Gasteiger partial charge in [-0.15, -0.1) is 0 Å². The maximum atomic E-state index is 11.6. The zero-order chi connectivity index (χ0) is 13.7. The van der Waals surface area contributed by atoms with Crippen LogP contribution in [0.3, 0.4) is 0 Å². The molecular formula is C16H18O3. The van der Waals surface area contributed by atoms with E-state index in [1.165, 1.54) is 0 Å². The van der Waals surface area contributed by atoms with Crippen molar-refractivity contribution < 1.29 is 13.9 Å². The van der Waals surface area contributed by atoms with Gasteiger partial charge in [-0.2, -0.15) is 0 Å². The Morgan fingerprint density at radius 3 is 2.74 bits per heavy atom. The number of carbonyl (C=O) groups is 1. The molecule has 2 rings (SSSR count). The summed E-state index contributed by atoms with van der Waals surface area (Å²) in [6.07, 6.45) is 1.28. The Morgan fingerprint density at radius 1 is 1.21 bits per heavy atom. The summed E-state index contributed by atoms with van der Waals surface area (Å²) in [5.41, 5.74) is 2.18. The molecule has 19 heavy (non-hydrogen) atoms. The lowest BCUT2D eigenvalue weighted by Crippen LogP contribution is -1.96. The average molecular weight is 258 g/mol. The van der Waals surface area contributed by atoms with Crippen LogP contribution in [-0.4, -0.2) is 19.5 Å². The third-order valence-corrected chi connectivity index (χ3v) is 3.06. The Balaban J connectivity index is 2.30. The number of Topliss-reactive ketones (excluding diaryl/α,β-unsaturated/α-hetero) is 1. The van der Waals surface area contributed by atoms with E-state index in [2.05, 4.69) is 6.07 Å². The number of furan rings is 1. The van der Waals surface area contributed by atoms with Crippen molar-refractivity contribution in [3.05, 3.63) is 47.7 Å². The summed E-state index contributed by atoms with van der Waals surface area (Å²) in [4.78, 5) is 11.6. The number of hydrogen-bond acceptors (Lipinski definition) is 3. The van der Waals surface area contributed by atoms with E-state index in [-0.39, 0.29) is 5.78 Å². The third kappa shape index (κ3) is 3.12. The molecule has 1 aromatic heterocycles. The van der Waals surface area contributed by atoms with Crippen molar-refractivity contribution in [2.45, 2.75) is 19.8 Å². The van der Waals surface area contributed by atoms with Crippen molar-refractivity contribution in [2.24, 2.45) is 0 Å². The average Bonchev–Trinajstić information content (AvgIpc) is 2.94. The Morgan fingerprint density at radius 2 is 2.00 bits per heavy atom. The highest BCUT2D eigenvalue weighted by molar-refractivity contribution is 5.93. The first-order chi connectivity index (χ1) is 9.26. The molecule has 0 fully saturated rings. The molecule has 1 heterocycles. The number of ketones is 1. The van der Waals surface area contributed by atoms with Crippen molar-refractivity contribution in [3.63, 3.8) is 0 Å². The zero-order valence-corrected chi connectivity index (χ0v) is 11.3. The van der Waals surface area contributed by atoms with Gasteiger partial charge in [-0.1, -0.05) is 31.2 Å². The van der Waals surface area contributed by atoms with Crippen molar-refractivity contribution in [3.8, 4) is 11.3 Å². The van der Waals surface area contributed by atoms with Gasteiger partial charge in [-0.25, -0.2) is 0 Å². The van der Waals surface area contributed by atoms with Crippen LogP contribution in [0.1, 0.15) is 29.5 Å². The lowest BCUT2D eigenvalue weighted by Gasteiger charge is -2.06. The van der Waals surface area contributed by atoms with Crippen molar-refractivity contribution in [1.82, 2.24) is 0 Å². The predicted octanol–water partition coefficient (Wildman–Crippen LogP) is 3.73.